The Bertz CT molecular complexity index is 355. The molecule has 2 aromatic rings. The van der Waals surface area contributed by atoms with Crippen LogP contribution in [0.5, 0.6) is 0 Å². The Balaban J connectivity index is 2.35. The molecular formula is C7H6N2O2S. The summed E-state index contributed by atoms with van der Waals surface area (Å²) in [5.74, 6) is 0.639. The number of rotatable bonds is 2. The summed E-state index contributed by atoms with van der Waals surface area (Å²) < 4.78 is 4.89. The molecule has 0 aliphatic carbocycles. The van der Waals surface area contributed by atoms with E-state index >= 15 is 0 Å². The van der Waals surface area contributed by atoms with Gasteiger partial charge in [-0.1, -0.05) is 5.16 Å². The van der Waals surface area contributed by atoms with Gasteiger partial charge >= 0.3 is 0 Å². The Morgan fingerprint density at radius 1 is 1.58 bits per heavy atom. The van der Waals surface area contributed by atoms with Gasteiger partial charge in [0.1, 0.15) is 0 Å². The number of nitrogens with zero attached hydrogens (tertiary/aromatic N) is 2. The van der Waals surface area contributed by atoms with Crippen molar-refractivity contribution in [2.24, 2.45) is 0 Å². The Labute approximate surface area is 72.5 Å². The minimum atomic E-state index is -0.0371. The summed E-state index contributed by atoms with van der Waals surface area (Å²) in [6.45, 7) is -0.0371. The lowest BCUT2D eigenvalue weighted by molar-refractivity contribution is 0.277. The van der Waals surface area contributed by atoms with Crippen molar-refractivity contribution in [2.45, 2.75) is 6.61 Å². The maximum atomic E-state index is 8.75. The number of thiazole rings is 1. The van der Waals surface area contributed by atoms with Gasteiger partial charge in [0.25, 0.3) is 0 Å². The van der Waals surface area contributed by atoms with Gasteiger partial charge in [-0.05, 0) is 0 Å². The number of hydrogen-bond acceptors (Lipinski definition) is 5. The highest BCUT2D eigenvalue weighted by Gasteiger charge is 2.06. The van der Waals surface area contributed by atoms with Gasteiger partial charge in [-0.2, -0.15) is 0 Å². The molecular weight excluding hydrogens is 176 g/mol. The maximum Gasteiger partial charge on any atom is 0.195 e. The fourth-order valence-corrected chi connectivity index (χ4v) is 1.59. The SMILES string of the molecule is OCc1csc(-c2ccno2)n1. The largest absolute Gasteiger partial charge is 0.390 e. The van der Waals surface area contributed by atoms with Crippen LogP contribution >= 0.6 is 11.3 Å². The van der Waals surface area contributed by atoms with Crippen molar-refractivity contribution in [3.05, 3.63) is 23.3 Å². The molecule has 0 aliphatic rings. The average Bonchev–Trinajstić information content (AvgIpc) is 2.75. The summed E-state index contributed by atoms with van der Waals surface area (Å²) in [5.41, 5.74) is 0.659. The Hall–Kier alpha value is -1.20. The quantitative estimate of drug-likeness (QED) is 0.760. The lowest BCUT2D eigenvalue weighted by Crippen LogP contribution is -1.81. The average molecular weight is 182 g/mol. The van der Waals surface area contributed by atoms with E-state index in [9.17, 15) is 0 Å². The molecule has 0 fully saturated rings. The van der Waals surface area contributed by atoms with Gasteiger partial charge in [-0.3, -0.25) is 0 Å². The van der Waals surface area contributed by atoms with Crippen LogP contribution in [-0.2, 0) is 6.61 Å². The van der Waals surface area contributed by atoms with Crippen molar-refractivity contribution in [1.82, 2.24) is 10.1 Å². The molecule has 0 bridgehead atoms. The van der Waals surface area contributed by atoms with Crippen molar-refractivity contribution in [3.8, 4) is 10.8 Å². The van der Waals surface area contributed by atoms with Gasteiger partial charge in [-0.25, -0.2) is 4.98 Å². The summed E-state index contributed by atoms with van der Waals surface area (Å²) in [6, 6.07) is 1.74. The van der Waals surface area contributed by atoms with Crippen molar-refractivity contribution in [2.75, 3.05) is 0 Å². The normalized spacial score (nSPS) is 10.4. The highest BCUT2D eigenvalue weighted by molar-refractivity contribution is 7.13. The second-order valence-corrected chi connectivity index (χ2v) is 3.04. The van der Waals surface area contributed by atoms with Crippen LogP contribution in [0.25, 0.3) is 10.8 Å². The minimum absolute atomic E-state index is 0.0371. The number of aromatic nitrogens is 2. The second-order valence-electron chi connectivity index (χ2n) is 2.18. The highest BCUT2D eigenvalue weighted by atomic mass is 32.1. The van der Waals surface area contributed by atoms with Crippen LogP contribution in [0.15, 0.2) is 22.2 Å². The molecule has 0 aromatic carbocycles. The minimum Gasteiger partial charge on any atom is -0.390 e. The predicted molar refractivity (Wildman–Crippen MR) is 43.5 cm³/mol. The van der Waals surface area contributed by atoms with Gasteiger partial charge in [0.2, 0.25) is 0 Å². The number of aliphatic hydroxyl groups excluding tert-OH is 1. The molecule has 62 valence electrons. The first kappa shape index (κ1) is 7.45. The fraction of sp³-hybridized carbons (Fsp3) is 0.143. The molecule has 0 saturated heterocycles. The smallest absolute Gasteiger partial charge is 0.195 e. The monoisotopic (exact) mass is 182 g/mol. The Kier molecular flexibility index (Phi) is 1.89. The van der Waals surface area contributed by atoms with E-state index in [0.29, 0.717) is 11.5 Å². The zero-order valence-electron chi connectivity index (χ0n) is 6.10. The molecule has 2 heterocycles. The van der Waals surface area contributed by atoms with Crippen LogP contribution < -0.4 is 0 Å². The first-order valence-electron chi connectivity index (χ1n) is 3.36. The van der Waals surface area contributed by atoms with Crippen LogP contribution in [0.2, 0.25) is 0 Å². The van der Waals surface area contributed by atoms with Gasteiger partial charge in [0, 0.05) is 11.4 Å². The second kappa shape index (κ2) is 3.04. The van der Waals surface area contributed by atoms with E-state index in [2.05, 4.69) is 10.1 Å². The summed E-state index contributed by atoms with van der Waals surface area (Å²) in [7, 11) is 0. The highest BCUT2D eigenvalue weighted by Crippen LogP contribution is 2.22. The lowest BCUT2D eigenvalue weighted by Gasteiger charge is -1.84. The molecule has 2 rings (SSSR count). The number of aliphatic hydroxyl groups is 1. The van der Waals surface area contributed by atoms with Crippen LogP contribution in [0.1, 0.15) is 5.69 Å². The fourth-order valence-electron chi connectivity index (χ4n) is 0.819. The van der Waals surface area contributed by atoms with E-state index in [1.807, 2.05) is 0 Å². The molecule has 0 amide bonds. The van der Waals surface area contributed by atoms with E-state index in [0.717, 1.165) is 5.01 Å². The predicted octanol–water partition coefficient (Wildman–Crippen LogP) is 1.29. The molecule has 12 heavy (non-hydrogen) atoms. The molecule has 0 saturated carbocycles. The zero-order valence-corrected chi connectivity index (χ0v) is 6.91. The molecule has 0 atom stereocenters. The summed E-state index contributed by atoms with van der Waals surface area (Å²) >= 11 is 1.43. The number of hydrogen-bond donors (Lipinski definition) is 1. The molecule has 5 heteroatoms. The van der Waals surface area contributed by atoms with Crippen molar-refractivity contribution < 1.29 is 9.63 Å². The maximum absolute atomic E-state index is 8.75. The third-order valence-corrected chi connectivity index (χ3v) is 2.27. The first-order chi connectivity index (χ1) is 5.90. The van der Waals surface area contributed by atoms with E-state index in [-0.39, 0.29) is 6.61 Å². The van der Waals surface area contributed by atoms with E-state index in [4.69, 9.17) is 9.63 Å². The third kappa shape index (κ3) is 1.24. The standard InChI is InChI=1S/C7H6N2O2S/c10-3-5-4-12-7(9-5)6-1-2-8-11-6/h1-2,4,10H,3H2. The van der Waals surface area contributed by atoms with Gasteiger partial charge in [0.15, 0.2) is 10.8 Å². The van der Waals surface area contributed by atoms with E-state index in [1.165, 1.54) is 11.3 Å². The van der Waals surface area contributed by atoms with Crippen molar-refractivity contribution in [3.63, 3.8) is 0 Å². The van der Waals surface area contributed by atoms with Gasteiger partial charge in [-0.15, -0.1) is 11.3 Å². The zero-order chi connectivity index (χ0) is 8.39. The third-order valence-electron chi connectivity index (χ3n) is 1.36. The first-order valence-corrected chi connectivity index (χ1v) is 4.24. The van der Waals surface area contributed by atoms with E-state index < -0.39 is 0 Å². The summed E-state index contributed by atoms with van der Waals surface area (Å²) in [6.07, 6.45) is 1.56. The van der Waals surface area contributed by atoms with Gasteiger partial charge < -0.3 is 9.63 Å². The van der Waals surface area contributed by atoms with Crippen LogP contribution in [-0.4, -0.2) is 15.2 Å². The van der Waals surface area contributed by atoms with Crippen molar-refractivity contribution >= 4 is 11.3 Å². The molecule has 0 aliphatic heterocycles. The van der Waals surface area contributed by atoms with Crippen LogP contribution in [0.3, 0.4) is 0 Å². The molecule has 0 spiro atoms. The Morgan fingerprint density at radius 2 is 2.50 bits per heavy atom. The molecule has 2 aromatic heterocycles. The van der Waals surface area contributed by atoms with Crippen LogP contribution in [0, 0.1) is 0 Å². The molecule has 1 N–H and O–H groups in total. The van der Waals surface area contributed by atoms with Crippen molar-refractivity contribution in [1.29, 1.82) is 0 Å². The summed E-state index contributed by atoms with van der Waals surface area (Å²) in [4.78, 5) is 4.11. The molecule has 0 radical (unpaired) electrons. The summed E-state index contributed by atoms with van der Waals surface area (Å²) in [5, 5.41) is 14.8. The van der Waals surface area contributed by atoms with Gasteiger partial charge in [0.05, 0.1) is 18.5 Å². The lowest BCUT2D eigenvalue weighted by atomic mass is 10.5. The van der Waals surface area contributed by atoms with E-state index in [1.54, 1.807) is 17.6 Å². The van der Waals surface area contributed by atoms with Crippen LogP contribution in [0.4, 0.5) is 0 Å². The topological polar surface area (TPSA) is 59.2 Å². The molecule has 4 nitrogen and oxygen atoms in total. The molecule has 0 unspecified atom stereocenters. The Morgan fingerprint density at radius 3 is 3.08 bits per heavy atom.